The lowest BCUT2D eigenvalue weighted by atomic mass is 9.83. The zero-order valence-electron chi connectivity index (χ0n) is 12.6. The Bertz CT molecular complexity index is 465. The highest BCUT2D eigenvalue weighted by Crippen LogP contribution is 2.46. The third-order valence-corrected chi connectivity index (χ3v) is 6.10. The van der Waals surface area contributed by atoms with Gasteiger partial charge in [0.05, 0.1) is 19.3 Å². The van der Waals surface area contributed by atoms with Crippen LogP contribution in [0.3, 0.4) is 0 Å². The van der Waals surface area contributed by atoms with Crippen molar-refractivity contribution >= 4 is 11.8 Å². The largest absolute Gasteiger partial charge is 0.497 e. The lowest BCUT2D eigenvalue weighted by Gasteiger charge is -2.43. The van der Waals surface area contributed by atoms with E-state index in [-0.39, 0.29) is 0 Å². The molecule has 2 heterocycles. The number of fused-ring (bicyclic) bond motifs is 2. The smallest absolute Gasteiger partial charge is 0.122 e. The number of hydrogen-bond donors (Lipinski definition) is 1. The second-order valence-electron chi connectivity index (χ2n) is 6.22. The summed E-state index contributed by atoms with van der Waals surface area (Å²) in [5.41, 5.74) is -0.528. The van der Waals surface area contributed by atoms with Crippen LogP contribution in [0.4, 0.5) is 0 Å². The molecule has 3 rings (SSSR count). The first-order valence-electron chi connectivity index (χ1n) is 7.82. The molecule has 0 aliphatic carbocycles. The molecule has 1 N–H and O–H groups in total. The predicted octanol–water partition coefficient (Wildman–Crippen LogP) is 3.64. The van der Waals surface area contributed by atoms with Crippen molar-refractivity contribution in [1.82, 2.24) is 0 Å². The molecule has 2 atom stereocenters. The Morgan fingerprint density at radius 1 is 1.24 bits per heavy atom. The molecule has 1 aromatic rings. The number of benzene rings is 1. The molecular formula is C17H24O3S. The van der Waals surface area contributed by atoms with E-state index in [4.69, 9.17) is 9.47 Å². The summed E-state index contributed by atoms with van der Waals surface area (Å²) >= 11 is 2.09. The normalized spacial score (nSPS) is 31.7. The molecule has 2 saturated heterocycles. The average Bonchev–Trinajstić information content (AvgIpc) is 2.47. The van der Waals surface area contributed by atoms with Crippen molar-refractivity contribution in [3.8, 4) is 11.5 Å². The molecule has 2 aliphatic heterocycles. The molecular weight excluding hydrogens is 284 g/mol. The molecule has 0 aromatic heterocycles. The van der Waals surface area contributed by atoms with Gasteiger partial charge >= 0.3 is 0 Å². The van der Waals surface area contributed by atoms with E-state index in [1.54, 1.807) is 7.11 Å². The summed E-state index contributed by atoms with van der Waals surface area (Å²) in [6, 6.07) is 7.64. The number of methoxy groups -OCH3 is 1. The van der Waals surface area contributed by atoms with E-state index in [2.05, 4.69) is 11.8 Å². The Kier molecular flexibility index (Phi) is 4.65. The van der Waals surface area contributed by atoms with Crippen LogP contribution >= 0.6 is 11.8 Å². The van der Waals surface area contributed by atoms with Gasteiger partial charge in [0.1, 0.15) is 11.5 Å². The highest BCUT2D eigenvalue weighted by Gasteiger charge is 2.41. The van der Waals surface area contributed by atoms with Crippen LogP contribution in [-0.2, 0) is 0 Å². The van der Waals surface area contributed by atoms with E-state index in [0.717, 1.165) is 30.8 Å². The Morgan fingerprint density at radius 2 is 1.95 bits per heavy atom. The van der Waals surface area contributed by atoms with Gasteiger partial charge in [-0.2, -0.15) is 11.8 Å². The fourth-order valence-electron chi connectivity index (χ4n) is 3.47. The average molecular weight is 308 g/mol. The summed E-state index contributed by atoms with van der Waals surface area (Å²) in [4.78, 5) is 0. The van der Waals surface area contributed by atoms with Crippen molar-refractivity contribution in [1.29, 1.82) is 0 Å². The van der Waals surface area contributed by atoms with Crippen molar-refractivity contribution in [3.63, 3.8) is 0 Å². The molecule has 2 fully saturated rings. The molecule has 1 aromatic carbocycles. The molecule has 2 bridgehead atoms. The minimum absolute atomic E-state index is 0.528. The second kappa shape index (κ2) is 6.49. The summed E-state index contributed by atoms with van der Waals surface area (Å²) in [5, 5.41) is 12.1. The van der Waals surface area contributed by atoms with Crippen LogP contribution in [0.15, 0.2) is 24.3 Å². The standard InChI is InChI=1S/C17H24O3S/c1-19-13-4-2-5-14(10-13)20-9-8-17(18)11-15-6-3-7-16(12-17)21-15/h2,4-5,10,15-16,18H,3,6-9,11-12H2,1H3. The number of hydrogen-bond acceptors (Lipinski definition) is 4. The first-order valence-corrected chi connectivity index (χ1v) is 8.76. The van der Waals surface area contributed by atoms with Gasteiger partial charge in [-0.25, -0.2) is 0 Å². The molecule has 0 saturated carbocycles. The maximum absolute atomic E-state index is 10.8. The molecule has 0 amide bonds. The predicted molar refractivity (Wildman–Crippen MR) is 86.3 cm³/mol. The van der Waals surface area contributed by atoms with Gasteiger partial charge in [-0.15, -0.1) is 0 Å². The van der Waals surface area contributed by atoms with E-state index in [0.29, 0.717) is 17.1 Å². The van der Waals surface area contributed by atoms with E-state index in [9.17, 15) is 5.11 Å². The van der Waals surface area contributed by atoms with E-state index >= 15 is 0 Å². The number of ether oxygens (including phenoxy) is 2. The fourth-order valence-corrected chi connectivity index (χ4v) is 5.43. The van der Waals surface area contributed by atoms with Crippen LogP contribution < -0.4 is 9.47 Å². The van der Waals surface area contributed by atoms with Gasteiger partial charge in [-0.05, 0) is 37.8 Å². The van der Waals surface area contributed by atoms with Crippen molar-refractivity contribution in [2.45, 2.75) is 54.6 Å². The first kappa shape index (κ1) is 15.0. The minimum Gasteiger partial charge on any atom is -0.497 e. The SMILES string of the molecule is COc1cccc(OCCC2(O)CC3CCCC(C2)S3)c1. The van der Waals surface area contributed by atoms with Crippen molar-refractivity contribution in [2.75, 3.05) is 13.7 Å². The Morgan fingerprint density at radius 3 is 2.67 bits per heavy atom. The summed E-state index contributed by atoms with van der Waals surface area (Å²) < 4.78 is 11.0. The van der Waals surface area contributed by atoms with Gasteiger partial charge in [-0.3, -0.25) is 0 Å². The van der Waals surface area contributed by atoms with Crippen LogP contribution in [0, 0.1) is 0 Å². The zero-order chi connectivity index (χ0) is 14.7. The van der Waals surface area contributed by atoms with Crippen molar-refractivity contribution < 1.29 is 14.6 Å². The summed E-state index contributed by atoms with van der Waals surface area (Å²) in [6.07, 6.45) is 6.43. The molecule has 2 unspecified atom stereocenters. The number of thioether (sulfide) groups is 1. The van der Waals surface area contributed by atoms with Crippen LogP contribution in [0.25, 0.3) is 0 Å². The van der Waals surface area contributed by atoms with Gasteiger partial charge in [0.15, 0.2) is 0 Å². The van der Waals surface area contributed by atoms with Gasteiger partial charge in [0.25, 0.3) is 0 Å². The Labute approximate surface area is 131 Å². The molecule has 116 valence electrons. The highest BCUT2D eigenvalue weighted by atomic mass is 32.2. The number of aliphatic hydroxyl groups is 1. The zero-order valence-corrected chi connectivity index (χ0v) is 13.4. The van der Waals surface area contributed by atoms with Crippen LogP contribution in [0.2, 0.25) is 0 Å². The summed E-state index contributed by atoms with van der Waals surface area (Å²) in [5.74, 6) is 1.61. The van der Waals surface area contributed by atoms with Gasteiger partial charge < -0.3 is 14.6 Å². The monoisotopic (exact) mass is 308 g/mol. The summed E-state index contributed by atoms with van der Waals surface area (Å²) in [6.45, 7) is 0.563. The molecule has 0 spiro atoms. The maximum atomic E-state index is 10.8. The fraction of sp³-hybridized carbons (Fsp3) is 0.647. The van der Waals surface area contributed by atoms with Crippen LogP contribution in [0.1, 0.15) is 38.5 Å². The molecule has 4 heteroatoms. The topological polar surface area (TPSA) is 38.7 Å². The third kappa shape index (κ3) is 3.86. The first-order chi connectivity index (χ1) is 10.2. The lowest BCUT2D eigenvalue weighted by Crippen LogP contribution is -2.43. The Hall–Kier alpha value is -0.870. The molecule has 0 radical (unpaired) electrons. The third-order valence-electron chi connectivity index (χ3n) is 4.53. The van der Waals surface area contributed by atoms with Crippen molar-refractivity contribution in [2.24, 2.45) is 0 Å². The summed E-state index contributed by atoms with van der Waals surface area (Å²) in [7, 11) is 1.65. The van der Waals surface area contributed by atoms with E-state index in [1.807, 2.05) is 24.3 Å². The van der Waals surface area contributed by atoms with Gasteiger partial charge in [0, 0.05) is 23.0 Å². The maximum Gasteiger partial charge on any atom is 0.122 e. The van der Waals surface area contributed by atoms with Crippen LogP contribution in [0.5, 0.6) is 11.5 Å². The second-order valence-corrected chi connectivity index (χ2v) is 7.83. The van der Waals surface area contributed by atoms with Gasteiger partial charge in [-0.1, -0.05) is 12.5 Å². The van der Waals surface area contributed by atoms with E-state index < -0.39 is 5.60 Å². The van der Waals surface area contributed by atoms with Crippen molar-refractivity contribution in [3.05, 3.63) is 24.3 Å². The Balaban J connectivity index is 1.52. The molecule has 2 aliphatic rings. The lowest BCUT2D eigenvalue weighted by molar-refractivity contribution is -0.00576. The highest BCUT2D eigenvalue weighted by molar-refractivity contribution is 8.00. The minimum atomic E-state index is -0.528. The quantitative estimate of drug-likeness (QED) is 0.901. The van der Waals surface area contributed by atoms with Crippen LogP contribution in [-0.4, -0.2) is 34.9 Å². The van der Waals surface area contributed by atoms with E-state index in [1.165, 1.54) is 19.3 Å². The number of rotatable bonds is 5. The molecule has 3 nitrogen and oxygen atoms in total. The molecule has 21 heavy (non-hydrogen) atoms. The van der Waals surface area contributed by atoms with Gasteiger partial charge in [0.2, 0.25) is 0 Å².